The first kappa shape index (κ1) is 30.0. The molecule has 1 aliphatic carbocycles. The molecule has 2 aromatic heterocycles. The molecule has 4 aromatic rings. The molecule has 0 unspecified atom stereocenters. The molecule has 2 aliphatic heterocycles. The Morgan fingerprint density at radius 1 is 1.00 bits per heavy atom. The van der Waals surface area contributed by atoms with Gasteiger partial charge in [0.2, 0.25) is 0 Å². The summed E-state index contributed by atoms with van der Waals surface area (Å²) in [5, 5.41) is 7.79. The molecule has 44 heavy (non-hydrogen) atoms. The first-order chi connectivity index (χ1) is 21.1. The summed E-state index contributed by atoms with van der Waals surface area (Å²) in [5.41, 5.74) is -1.04. The highest BCUT2D eigenvalue weighted by molar-refractivity contribution is 6.99. The largest absolute Gasteiger partial charge is 0.404 e. The maximum atomic E-state index is 13.4. The second-order valence-corrected chi connectivity index (χ2v) is 18.1. The molecular formula is C33H35Cl2N3O5Si. The summed E-state index contributed by atoms with van der Waals surface area (Å²) in [5.74, 6) is -0.783. The van der Waals surface area contributed by atoms with Crippen molar-refractivity contribution >= 4 is 59.2 Å². The van der Waals surface area contributed by atoms with E-state index in [4.69, 9.17) is 41.8 Å². The van der Waals surface area contributed by atoms with Gasteiger partial charge in [0.15, 0.2) is 29.5 Å². The van der Waals surface area contributed by atoms with Crippen molar-refractivity contribution in [2.45, 2.75) is 81.3 Å². The Balaban J connectivity index is 1.33. The smallest absolute Gasteiger partial charge is 0.261 e. The van der Waals surface area contributed by atoms with E-state index in [1.165, 1.54) is 0 Å². The monoisotopic (exact) mass is 651 g/mol. The molecule has 4 atom stereocenters. The molecule has 4 heterocycles. The number of aldehydes is 1. The van der Waals surface area contributed by atoms with Gasteiger partial charge in [0.05, 0.1) is 23.2 Å². The highest BCUT2D eigenvalue weighted by Crippen LogP contribution is 2.53. The highest BCUT2D eigenvalue weighted by Gasteiger charge is 2.67. The zero-order valence-electron chi connectivity index (χ0n) is 24.9. The van der Waals surface area contributed by atoms with Gasteiger partial charge >= 0.3 is 0 Å². The number of hydrogen-bond acceptors (Lipinski definition) is 7. The zero-order chi connectivity index (χ0) is 30.7. The molecule has 7 rings (SSSR count). The zero-order valence-corrected chi connectivity index (χ0v) is 27.4. The molecule has 3 aliphatic rings. The van der Waals surface area contributed by atoms with Gasteiger partial charge in [-0.05, 0) is 34.3 Å². The maximum absolute atomic E-state index is 13.4. The Hall–Kier alpha value is -2.63. The number of benzene rings is 2. The fourth-order valence-electron chi connectivity index (χ4n) is 7.28. The molecule has 11 heteroatoms. The molecule has 1 spiro atoms. The van der Waals surface area contributed by atoms with Crippen molar-refractivity contribution in [2.24, 2.45) is 0 Å². The van der Waals surface area contributed by atoms with E-state index in [-0.39, 0.29) is 16.8 Å². The molecule has 8 nitrogen and oxygen atoms in total. The maximum Gasteiger partial charge on any atom is 0.261 e. The van der Waals surface area contributed by atoms with Gasteiger partial charge in [0.1, 0.15) is 17.4 Å². The normalized spacial score (nSPS) is 26.4. The van der Waals surface area contributed by atoms with E-state index in [1.807, 2.05) is 36.4 Å². The Kier molecular flexibility index (Phi) is 7.52. The first-order valence-corrected chi connectivity index (χ1v) is 17.7. The second kappa shape index (κ2) is 11.0. The molecule has 0 amide bonds. The minimum absolute atomic E-state index is 0.0327. The molecule has 2 aromatic carbocycles. The van der Waals surface area contributed by atoms with E-state index in [0.29, 0.717) is 16.1 Å². The van der Waals surface area contributed by atoms with Crippen LogP contribution in [0.5, 0.6) is 0 Å². The average molecular weight is 653 g/mol. The third kappa shape index (κ3) is 4.67. The summed E-state index contributed by atoms with van der Waals surface area (Å²) in [6, 6.07) is 22.2. The third-order valence-electron chi connectivity index (χ3n) is 9.32. The average Bonchev–Trinajstić information content (AvgIpc) is 3.79. The van der Waals surface area contributed by atoms with Gasteiger partial charge in [-0.1, -0.05) is 105 Å². The van der Waals surface area contributed by atoms with Crippen LogP contribution >= 0.6 is 23.2 Å². The van der Waals surface area contributed by atoms with Gasteiger partial charge in [-0.25, -0.2) is 9.67 Å². The van der Waals surface area contributed by atoms with Crippen molar-refractivity contribution < 1.29 is 23.4 Å². The number of aromatic nitrogens is 3. The molecule has 0 bridgehead atoms. The minimum atomic E-state index is -3.02. The Labute approximate surface area is 267 Å². The lowest BCUT2D eigenvalue weighted by molar-refractivity contribution is -0.232. The summed E-state index contributed by atoms with van der Waals surface area (Å²) in [6.07, 6.45) is 3.72. The number of rotatable bonds is 7. The standard InChI is InChI=1S/C33H35Cl2N3O5Si/c1-31(2,3)44(22-12-6-4-7-13-22,23-14-8-5-9-15-23)40-21-32(20-39)28-27(41-33(42-28)16-10-11-17-33)30(43-32)38-29-24(19-36-38)25(34)18-26(35)37-29/h4-9,12-15,18-20,27-28,30H,10-11,16-17,21H2,1-3H3/t27-,28+,30-,32-/m1/s1. The summed E-state index contributed by atoms with van der Waals surface area (Å²) in [7, 11) is -3.02. The Morgan fingerprint density at radius 2 is 1.64 bits per heavy atom. The fourth-order valence-corrected chi connectivity index (χ4v) is 12.4. The van der Waals surface area contributed by atoms with Crippen LogP contribution in [0.2, 0.25) is 15.2 Å². The SMILES string of the molecule is CC(C)(C)[Si](OC[C@@]1(C=O)O[C@@H](n2ncc3c(Cl)cc(Cl)nc32)[C@@H]2OC3(CCCC3)O[C@@H]21)(c1ccccc1)c1ccccc1. The van der Waals surface area contributed by atoms with Gasteiger partial charge < -0.3 is 18.6 Å². The van der Waals surface area contributed by atoms with Crippen LogP contribution in [0, 0.1) is 0 Å². The Bertz CT molecular complexity index is 1640. The summed E-state index contributed by atoms with van der Waals surface area (Å²) < 4.78 is 29.0. The number of carbonyl (C=O) groups is 1. The van der Waals surface area contributed by atoms with Crippen LogP contribution in [-0.2, 0) is 23.4 Å². The van der Waals surface area contributed by atoms with Crippen LogP contribution in [0.15, 0.2) is 72.9 Å². The lowest BCUT2D eigenvalue weighted by Gasteiger charge is -2.44. The molecule has 3 fully saturated rings. The van der Waals surface area contributed by atoms with Gasteiger partial charge in [0, 0.05) is 12.8 Å². The summed E-state index contributed by atoms with van der Waals surface area (Å²) in [6.45, 7) is 6.57. The highest BCUT2D eigenvalue weighted by atomic mass is 35.5. The van der Waals surface area contributed by atoms with E-state index in [9.17, 15) is 4.79 Å². The summed E-state index contributed by atoms with van der Waals surface area (Å²) in [4.78, 5) is 17.9. The number of carbonyl (C=O) groups excluding carboxylic acids is 1. The number of hydrogen-bond donors (Lipinski definition) is 0. The van der Waals surface area contributed by atoms with Crippen LogP contribution in [0.1, 0.15) is 52.7 Å². The second-order valence-electron chi connectivity index (χ2n) is 13.0. The molecule has 1 saturated carbocycles. The van der Waals surface area contributed by atoms with Crippen molar-refractivity contribution in [2.75, 3.05) is 6.61 Å². The quantitative estimate of drug-likeness (QED) is 0.141. The van der Waals surface area contributed by atoms with E-state index >= 15 is 0 Å². The van der Waals surface area contributed by atoms with Crippen molar-refractivity contribution in [1.82, 2.24) is 14.8 Å². The lowest BCUT2D eigenvalue weighted by Crippen LogP contribution is -2.68. The van der Waals surface area contributed by atoms with Gasteiger partial charge in [-0.15, -0.1) is 0 Å². The predicted molar refractivity (Wildman–Crippen MR) is 171 cm³/mol. The van der Waals surface area contributed by atoms with Gasteiger partial charge in [0.25, 0.3) is 8.32 Å². The molecule has 230 valence electrons. The number of halogens is 2. The van der Waals surface area contributed by atoms with Crippen molar-refractivity contribution in [3.63, 3.8) is 0 Å². The van der Waals surface area contributed by atoms with Crippen LogP contribution in [0.3, 0.4) is 0 Å². The van der Waals surface area contributed by atoms with Gasteiger partial charge in [-0.2, -0.15) is 5.10 Å². The fraction of sp³-hybridized carbons (Fsp3) is 0.424. The third-order valence-corrected chi connectivity index (χ3v) is 14.8. The van der Waals surface area contributed by atoms with E-state index in [1.54, 1.807) is 16.9 Å². The lowest BCUT2D eigenvalue weighted by atomic mass is 9.98. The number of pyridine rings is 1. The van der Waals surface area contributed by atoms with Crippen LogP contribution in [0.4, 0.5) is 0 Å². The first-order valence-electron chi connectivity index (χ1n) is 15.1. The van der Waals surface area contributed by atoms with E-state index < -0.39 is 38.1 Å². The minimum Gasteiger partial charge on any atom is -0.404 e. The van der Waals surface area contributed by atoms with Crippen molar-refractivity contribution in [3.8, 4) is 0 Å². The molecule has 2 saturated heterocycles. The van der Waals surface area contributed by atoms with Crippen LogP contribution in [0.25, 0.3) is 11.0 Å². The Morgan fingerprint density at radius 3 is 2.23 bits per heavy atom. The topological polar surface area (TPSA) is 84.7 Å². The number of ether oxygens (including phenoxy) is 3. The molecule has 0 radical (unpaired) electrons. The van der Waals surface area contributed by atoms with Gasteiger partial charge in [-0.3, -0.25) is 4.79 Å². The molecular weight excluding hydrogens is 617 g/mol. The van der Waals surface area contributed by atoms with Crippen molar-refractivity contribution in [3.05, 3.63) is 83.1 Å². The van der Waals surface area contributed by atoms with Crippen LogP contribution < -0.4 is 10.4 Å². The number of fused-ring (bicyclic) bond motifs is 2. The van der Waals surface area contributed by atoms with E-state index in [2.05, 4.69) is 55.1 Å². The summed E-state index contributed by atoms with van der Waals surface area (Å²) >= 11 is 12.8. The number of nitrogens with zero attached hydrogens (tertiary/aromatic N) is 3. The van der Waals surface area contributed by atoms with E-state index in [0.717, 1.165) is 42.3 Å². The van der Waals surface area contributed by atoms with Crippen molar-refractivity contribution in [1.29, 1.82) is 0 Å². The predicted octanol–water partition coefficient (Wildman–Crippen LogP) is 5.84. The molecule has 0 N–H and O–H groups in total. The van der Waals surface area contributed by atoms with Crippen LogP contribution in [-0.4, -0.2) is 59.6 Å².